The van der Waals surface area contributed by atoms with Crippen LogP contribution < -0.4 is 0 Å². The third kappa shape index (κ3) is 4.69. The molecule has 0 amide bonds. The maximum Gasteiger partial charge on any atom is 0.243 e. The van der Waals surface area contributed by atoms with Gasteiger partial charge < -0.3 is 4.90 Å². The van der Waals surface area contributed by atoms with Crippen molar-refractivity contribution in [2.45, 2.75) is 43.5 Å². The molecule has 2 aliphatic rings. The number of hydrogen-bond donors (Lipinski definition) is 0. The topological polar surface area (TPSA) is 40.6 Å². The minimum Gasteiger partial charge on any atom is -0.300 e. The second kappa shape index (κ2) is 8.76. The van der Waals surface area contributed by atoms with Gasteiger partial charge in [0.25, 0.3) is 0 Å². The molecule has 0 unspecified atom stereocenters. The van der Waals surface area contributed by atoms with Gasteiger partial charge in [0, 0.05) is 24.2 Å². The number of sulfonamides is 1. The van der Waals surface area contributed by atoms with Crippen LogP contribution in [0, 0.1) is 5.92 Å². The fourth-order valence-corrected chi connectivity index (χ4v) is 6.05. The van der Waals surface area contributed by atoms with Gasteiger partial charge in [-0.1, -0.05) is 42.8 Å². The van der Waals surface area contributed by atoms with Gasteiger partial charge >= 0.3 is 0 Å². The van der Waals surface area contributed by atoms with Gasteiger partial charge in [-0.25, -0.2) is 8.42 Å². The Balaban J connectivity index is 1.40. The molecular weight excluding hydrogens is 404 g/mol. The fraction of sp³-hybridized carbons (Fsp3) is 0.478. The van der Waals surface area contributed by atoms with Crippen LogP contribution in [0.2, 0.25) is 5.02 Å². The van der Waals surface area contributed by atoms with E-state index in [1.54, 1.807) is 16.4 Å². The first kappa shape index (κ1) is 20.9. The van der Waals surface area contributed by atoms with Crippen LogP contribution in [-0.2, 0) is 10.0 Å². The quantitative estimate of drug-likeness (QED) is 0.690. The summed E-state index contributed by atoms with van der Waals surface area (Å²) in [4.78, 5) is 2.95. The van der Waals surface area contributed by atoms with E-state index in [4.69, 9.17) is 11.6 Å². The summed E-state index contributed by atoms with van der Waals surface area (Å²) in [5.74, 6) is 0.822. The van der Waals surface area contributed by atoms with Crippen molar-refractivity contribution in [3.05, 3.63) is 53.6 Å². The van der Waals surface area contributed by atoms with E-state index in [0.29, 0.717) is 29.0 Å². The molecule has 0 spiro atoms. The molecule has 0 atom stereocenters. The zero-order chi connectivity index (χ0) is 20.4. The van der Waals surface area contributed by atoms with E-state index in [9.17, 15) is 8.42 Å². The largest absolute Gasteiger partial charge is 0.300 e. The normalized spacial score (nSPS) is 20.8. The Labute approximate surface area is 179 Å². The highest BCUT2D eigenvalue weighted by Crippen LogP contribution is 2.28. The molecule has 0 N–H and O–H groups in total. The first-order valence-electron chi connectivity index (χ1n) is 10.5. The number of hydrogen-bond acceptors (Lipinski definition) is 3. The van der Waals surface area contributed by atoms with Crippen LogP contribution in [0.25, 0.3) is 11.1 Å². The van der Waals surface area contributed by atoms with E-state index in [-0.39, 0.29) is 0 Å². The lowest BCUT2D eigenvalue weighted by molar-refractivity contribution is 0.101. The zero-order valence-corrected chi connectivity index (χ0v) is 18.5. The van der Waals surface area contributed by atoms with E-state index in [0.717, 1.165) is 43.0 Å². The highest BCUT2D eigenvalue weighted by Gasteiger charge is 2.32. The minimum absolute atomic E-state index is 0.375. The molecule has 6 heteroatoms. The maximum absolute atomic E-state index is 13.1. The van der Waals surface area contributed by atoms with E-state index in [1.807, 2.05) is 36.4 Å². The lowest BCUT2D eigenvalue weighted by Crippen LogP contribution is -2.48. The third-order valence-corrected chi connectivity index (χ3v) is 8.59. The standard InChI is InChI=1S/C23H29ClN2O2S/c1-18-10-14-25(15-11-18)22-12-16-26(17-13-22)29(27,28)23-8-4-20(5-9-23)19-2-6-21(24)7-3-19/h2-9,18,22H,10-17H2,1H3. The van der Waals surface area contributed by atoms with Crippen molar-refractivity contribution in [2.75, 3.05) is 26.2 Å². The number of piperidine rings is 2. The highest BCUT2D eigenvalue weighted by atomic mass is 35.5. The van der Waals surface area contributed by atoms with Gasteiger partial charge in [0.1, 0.15) is 0 Å². The summed E-state index contributed by atoms with van der Waals surface area (Å²) in [5.41, 5.74) is 2.01. The summed E-state index contributed by atoms with van der Waals surface area (Å²) < 4.78 is 27.9. The Bertz CT molecular complexity index is 912. The molecular formula is C23H29ClN2O2S. The lowest BCUT2D eigenvalue weighted by Gasteiger charge is -2.41. The number of halogens is 1. The molecule has 2 heterocycles. The van der Waals surface area contributed by atoms with Crippen LogP contribution in [-0.4, -0.2) is 49.8 Å². The highest BCUT2D eigenvalue weighted by molar-refractivity contribution is 7.89. The van der Waals surface area contributed by atoms with E-state index < -0.39 is 10.0 Å². The predicted octanol–water partition coefficient (Wildman–Crippen LogP) is 4.89. The van der Waals surface area contributed by atoms with Crippen molar-refractivity contribution in [1.82, 2.24) is 9.21 Å². The molecule has 2 aromatic carbocycles. The second-order valence-electron chi connectivity index (χ2n) is 8.39. The van der Waals surface area contributed by atoms with Crippen molar-refractivity contribution in [3.63, 3.8) is 0 Å². The lowest BCUT2D eigenvalue weighted by atomic mass is 9.95. The number of likely N-dealkylation sites (tertiary alicyclic amines) is 1. The van der Waals surface area contributed by atoms with Crippen molar-refractivity contribution < 1.29 is 8.42 Å². The van der Waals surface area contributed by atoms with Gasteiger partial charge in [-0.2, -0.15) is 4.31 Å². The molecule has 0 aromatic heterocycles. The summed E-state index contributed by atoms with van der Waals surface area (Å²) in [7, 11) is -3.44. The molecule has 4 nitrogen and oxygen atoms in total. The number of rotatable bonds is 4. The van der Waals surface area contributed by atoms with Gasteiger partial charge in [0.15, 0.2) is 0 Å². The van der Waals surface area contributed by atoms with Gasteiger partial charge in [-0.3, -0.25) is 0 Å². The van der Waals surface area contributed by atoms with Crippen molar-refractivity contribution in [1.29, 1.82) is 0 Å². The molecule has 2 aliphatic heterocycles. The second-order valence-corrected chi connectivity index (χ2v) is 10.8. The molecule has 156 valence electrons. The van der Waals surface area contributed by atoms with Gasteiger partial charge in [-0.15, -0.1) is 0 Å². The van der Waals surface area contributed by atoms with Gasteiger partial charge in [-0.05, 0) is 80.1 Å². The first-order valence-corrected chi connectivity index (χ1v) is 12.4. The Morgan fingerprint density at radius 1 is 0.793 bits per heavy atom. The SMILES string of the molecule is CC1CCN(C2CCN(S(=O)(=O)c3ccc(-c4ccc(Cl)cc4)cc3)CC2)CC1. The minimum atomic E-state index is -3.44. The van der Waals surface area contributed by atoms with Crippen molar-refractivity contribution in [3.8, 4) is 11.1 Å². The monoisotopic (exact) mass is 432 g/mol. The summed E-state index contributed by atoms with van der Waals surface area (Å²) in [6.45, 7) is 5.86. The number of nitrogens with zero attached hydrogens (tertiary/aromatic N) is 2. The first-order chi connectivity index (χ1) is 13.9. The summed E-state index contributed by atoms with van der Waals surface area (Å²) >= 11 is 5.95. The predicted molar refractivity (Wildman–Crippen MR) is 119 cm³/mol. The van der Waals surface area contributed by atoms with Gasteiger partial charge in [0.05, 0.1) is 4.90 Å². The molecule has 0 saturated carbocycles. The Kier molecular flexibility index (Phi) is 6.30. The van der Waals surface area contributed by atoms with Crippen LogP contribution >= 0.6 is 11.6 Å². The van der Waals surface area contributed by atoms with E-state index >= 15 is 0 Å². The molecule has 0 bridgehead atoms. The molecule has 2 saturated heterocycles. The molecule has 2 fully saturated rings. The smallest absolute Gasteiger partial charge is 0.243 e. The Morgan fingerprint density at radius 2 is 1.31 bits per heavy atom. The van der Waals surface area contributed by atoms with Crippen LogP contribution in [0.1, 0.15) is 32.6 Å². The molecule has 2 aromatic rings. The average Bonchev–Trinajstić information content (AvgIpc) is 2.75. The molecule has 0 radical (unpaired) electrons. The maximum atomic E-state index is 13.1. The van der Waals surface area contributed by atoms with Crippen LogP contribution in [0.5, 0.6) is 0 Å². The van der Waals surface area contributed by atoms with Crippen molar-refractivity contribution >= 4 is 21.6 Å². The van der Waals surface area contributed by atoms with Crippen molar-refractivity contribution in [2.24, 2.45) is 5.92 Å². The van der Waals surface area contributed by atoms with Crippen LogP contribution in [0.4, 0.5) is 0 Å². The summed E-state index contributed by atoms with van der Waals surface area (Å²) in [6.07, 6.45) is 4.38. The fourth-order valence-electron chi connectivity index (χ4n) is 4.45. The van der Waals surface area contributed by atoms with Gasteiger partial charge in [0.2, 0.25) is 10.0 Å². The van der Waals surface area contributed by atoms with E-state index in [1.165, 1.54) is 12.8 Å². The molecule has 0 aliphatic carbocycles. The summed E-state index contributed by atoms with van der Waals surface area (Å²) in [6, 6.07) is 15.3. The van der Waals surface area contributed by atoms with Crippen LogP contribution in [0.15, 0.2) is 53.4 Å². The zero-order valence-electron chi connectivity index (χ0n) is 16.9. The third-order valence-electron chi connectivity index (χ3n) is 6.43. The number of benzene rings is 2. The molecule has 29 heavy (non-hydrogen) atoms. The molecule has 4 rings (SSSR count). The average molecular weight is 433 g/mol. The Hall–Kier alpha value is -1.40. The van der Waals surface area contributed by atoms with Crippen LogP contribution in [0.3, 0.4) is 0 Å². The van der Waals surface area contributed by atoms with E-state index in [2.05, 4.69) is 11.8 Å². The Morgan fingerprint density at radius 3 is 1.86 bits per heavy atom. The summed E-state index contributed by atoms with van der Waals surface area (Å²) in [5, 5.41) is 0.690.